The Bertz CT molecular complexity index is 800. The fraction of sp³-hybridized carbons (Fsp3) is 0.727. The van der Waals surface area contributed by atoms with Crippen molar-refractivity contribution in [1.82, 2.24) is 4.72 Å². The fourth-order valence-electron chi connectivity index (χ4n) is 4.36. The van der Waals surface area contributed by atoms with Gasteiger partial charge in [-0.05, 0) is 77.5 Å². The highest BCUT2D eigenvalue weighted by Crippen LogP contribution is 2.28. The first-order valence-electron chi connectivity index (χ1n) is 11.1. The highest BCUT2D eigenvalue weighted by molar-refractivity contribution is 7.90. The van der Waals surface area contributed by atoms with E-state index >= 15 is 0 Å². The zero-order chi connectivity index (χ0) is 21.9. The Hall–Kier alpha value is -1.38. The molecule has 1 aliphatic carbocycles. The van der Waals surface area contributed by atoms with Crippen LogP contribution in [0.5, 0.6) is 0 Å². The molecule has 8 heteroatoms. The van der Waals surface area contributed by atoms with Crippen molar-refractivity contribution >= 4 is 21.4 Å². The van der Waals surface area contributed by atoms with Gasteiger partial charge in [-0.3, -0.25) is 0 Å². The molecule has 2 atom stereocenters. The lowest BCUT2D eigenvalue weighted by Crippen LogP contribution is -2.45. The van der Waals surface area contributed by atoms with Crippen molar-refractivity contribution in [2.75, 3.05) is 29.9 Å². The molecule has 0 radical (unpaired) electrons. The van der Waals surface area contributed by atoms with Gasteiger partial charge in [0.2, 0.25) is 10.0 Å². The van der Waals surface area contributed by atoms with Crippen LogP contribution < -0.4 is 14.9 Å². The summed E-state index contributed by atoms with van der Waals surface area (Å²) in [6.07, 6.45) is 3.85. The topological polar surface area (TPSA) is 70.7 Å². The highest BCUT2D eigenvalue weighted by Gasteiger charge is 2.27. The number of nitrogens with one attached hydrogen (secondary N) is 2. The van der Waals surface area contributed by atoms with E-state index < -0.39 is 15.3 Å². The summed E-state index contributed by atoms with van der Waals surface area (Å²) < 4.78 is 47.0. The number of ether oxygens (including phenoxy) is 1. The van der Waals surface area contributed by atoms with Crippen molar-refractivity contribution in [3.8, 4) is 0 Å². The molecule has 1 saturated heterocycles. The summed E-state index contributed by atoms with van der Waals surface area (Å²) in [5.41, 5.74) is 1.67. The quantitative estimate of drug-likeness (QED) is 0.675. The second-order valence-electron chi connectivity index (χ2n) is 9.17. The standard InChI is InChI=1S/C22H36FN3O3S/c1-15(2)30(27,28)25-20-7-5-18(6-8-20)12-24-21-9-19(23)10-22(11-21)26-13-16(3)29-17(4)14-26/h9-11,15-18,20,24-25H,5-8,12-14H2,1-4H3/t16-,17+,18-,20-. The van der Waals surface area contributed by atoms with Gasteiger partial charge in [0, 0.05) is 37.1 Å². The monoisotopic (exact) mass is 441 g/mol. The number of halogens is 1. The summed E-state index contributed by atoms with van der Waals surface area (Å²) >= 11 is 0. The largest absolute Gasteiger partial charge is 0.385 e. The Labute approximate surface area is 180 Å². The van der Waals surface area contributed by atoms with Crippen molar-refractivity contribution in [3.63, 3.8) is 0 Å². The molecule has 2 aliphatic rings. The highest BCUT2D eigenvalue weighted by atomic mass is 32.2. The van der Waals surface area contributed by atoms with Crippen LogP contribution in [-0.2, 0) is 14.8 Å². The third-order valence-electron chi connectivity index (χ3n) is 6.06. The van der Waals surface area contributed by atoms with E-state index in [1.54, 1.807) is 26.0 Å². The van der Waals surface area contributed by atoms with Crippen LogP contribution >= 0.6 is 0 Å². The maximum absolute atomic E-state index is 14.3. The van der Waals surface area contributed by atoms with E-state index in [2.05, 4.69) is 14.9 Å². The molecule has 0 amide bonds. The van der Waals surface area contributed by atoms with Crippen LogP contribution in [0.2, 0.25) is 0 Å². The number of hydrogen-bond acceptors (Lipinski definition) is 5. The second-order valence-corrected chi connectivity index (χ2v) is 11.4. The predicted octanol–water partition coefficient (Wildman–Crippen LogP) is 3.74. The van der Waals surface area contributed by atoms with E-state index in [4.69, 9.17) is 4.74 Å². The van der Waals surface area contributed by atoms with Crippen molar-refractivity contribution < 1.29 is 17.5 Å². The van der Waals surface area contributed by atoms with Crippen molar-refractivity contribution in [3.05, 3.63) is 24.0 Å². The molecule has 170 valence electrons. The maximum atomic E-state index is 14.3. The number of benzene rings is 1. The SMILES string of the molecule is CC(C)S(=O)(=O)N[C@H]1CC[C@H](CNc2cc(F)cc(N3C[C@@H](C)O[C@@H](C)C3)c2)CC1. The van der Waals surface area contributed by atoms with Gasteiger partial charge in [0.25, 0.3) is 0 Å². The summed E-state index contributed by atoms with van der Waals surface area (Å²) in [4.78, 5) is 2.18. The summed E-state index contributed by atoms with van der Waals surface area (Å²) in [7, 11) is -3.22. The van der Waals surface area contributed by atoms with Gasteiger partial charge < -0.3 is 15.0 Å². The number of rotatable bonds is 7. The molecule has 0 spiro atoms. The molecule has 3 rings (SSSR count). The van der Waals surface area contributed by atoms with E-state index in [-0.39, 0.29) is 24.1 Å². The van der Waals surface area contributed by atoms with Gasteiger partial charge >= 0.3 is 0 Å². The van der Waals surface area contributed by atoms with Gasteiger partial charge in [-0.2, -0.15) is 0 Å². The average Bonchev–Trinajstić information content (AvgIpc) is 2.66. The van der Waals surface area contributed by atoms with Crippen LogP contribution in [0.25, 0.3) is 0 Å². The smallest absolute Gasteiger partial charge is 0.214 e. The predicted molar refractivity (Wildman–Crippen MR) is 120 cm³/mol. The van der Waals surface area contributed by atoms with Gasteiger partial charge in [0.15, 0.2) is 0 Å². The zero-order valence-electron chi connectivity index (χ0n) is 18.5. The number of morpholine rings is 1. The van der Waals surface area contributed by atoms with E-state index in [1.165, 1.54) is 0 Å². The first-order chi connectivity index (χ1) is 14.1. The van der Waals surface area contributed by atoms with Crippen molar-refractivity contribution in [2.45, 2.75) is 76.9 Å². The lowest BCUT2D eigenvalue weighted by molar-refractivity contribution is -0.00523. The average molecular weight is 442 g/mol. The van der Waals surface area contributed by atoms with Gasteiger partial charge in [0.05, 0.1) is 17.5 Å². The molecule has 2 fully saturated rings. The first kappa shape index (κ1) is 23.3. The summed E-state index contributed by atoms with van der Waals surface area (Å²) in [6.45, 7) is 9.75. The van der Waals surface area contributed by atoms with Crippen molar-refractivity contribution in [1.29, 1.82) is 0 Å². The molecular formula is C22H36FN3O3S. The Morgan fingerprint density at radius 1 is 1.10 bits per heavy atom. The maximum Gasteiger partial charge on any atom is 0.214 e. The van der Waals surface area contributed by atoms with E-state index in [0.29, 0.717) is 5.92 Å². The summed E-state index contributed by atoms with van der Waals surface area (Å²) in [5.74, 6) is 0.216. The molecule has 0 unspecified atom stereocenters. The third kappa shape index (κ3) is 6.31. The van der Waals surface area contributed by atoms with Gasteiger partial charge in [-0.15, -0.1) is 0 Å². The summed E-state index contributed by atoms with van der Waals surface area (Å²) in [6, 6.07) is 5.16. The van der Waals surface area contributed by atoms with Gasteiger partial charge in [-0.1, -0.05) is 0 Å². The molecule has 1 aliphatic heterocycles. The Balaban J connectivity index is 1.52. The second kappa shape index (κ2) is 9.83. The Morgan fingerprint density at radius 3 is 2.33 bits per heavy atom. The molecule has 0 bridgehead atoms. The van der Waals surface area contributed by atoms with Crippen molar-refractivity contribution in [2.24, 2.45) is 5.92 Å². The first-order valence-corrected chi connectivity index (χ1v) is 12.6. The lowest BCUT2D eigenvalue weighted by Gasteiger charge is -2.37. The van der Waals surface area contributed by atoms with Crippen LogP contribution in [0.4, 0.5) is 15.8 Å². The fourth-order valence-corrected chi connectivity index (χ4v) is 5.33. The number of anilines is 2. The zero-order valence-corrected chi connectivity index (χ0v) is 19.3. The summed E-state index contributed by atoms with van der Waals surface area (Å²) in [5, 5.41) is 3.00. The van der Waals surface area contributed by atoms with Crippen LogP contribution in [-0.4, -0.2) is 51.6 Å². The normalized spacial score (nSPS) is 28.0. The van der Waals surface area contributed by atoms with E-state index in [9.17, 15) is 12.8 Å². The minimum Gasteiger partial charge on any atom is -0.385 e. The Kier molecular flexibility index (Phi) is 7.63. The van der Waals surface area contributed by atoms with Gasteiger partial charge in [0.1, 0.15) is 5.82 Å². The number of sulfonamides is 1. The van der Waals surface area contributed by atoms with E-state index in [1.807, 2.05) is 19.9 Å². The molecule has 1 aromatic carbocycles. The third-order valence-corrected chi connectivity index (χ3v) is 7.96. The molecule has 2 N–H and O–H groups in total. The van der Waals surface area contributed by atoms with Crippen LogP contribution in [0, 0.1) is 11.7 Å². The number of nitrogens with zero attached hydrogens (tertiary/aromatic N) is 1. The van der Waals surface area contributed by atoms with Crippen LogP contribution in [0.1, 0.15) is 53.4 Å². The minimum atomic E-state index is -3.22. The molecule has 0 aromatic heterocycles. The molecule has 1 aromatic rings. The molecular weight excluding hydrogens is 405 g/mol. The molecule has 6 nitrogen and oxygen atoms in total. The molecule has 1 saturated carbocycles. The van der Waals surface area contributed by atoms with Gasteiger partial charge in [-0.25, -0.2) is 17.5 Å². The number of hydrogen-bond donors (Lipinski definition) is 2. The van der Waals surface area contributed by atoms with Crippen LogP contribution in [0.3, 0.4) is 0 Å². The molecule has 1 heterocycles. The Morgan fingerprint density at radius 2 is 1.73 bits per heavy atom. The van der Waals surface area contributed by atoms with E-state index in [0.717, 1.165) is 56.7 Å². The minimum absolute atomic E-state index is 0.0275. The lowest BCUT2D eigenvalue weighted by atomic mass is 9.86. The van der Waals surface area contributed by atoms with Crippen LogP contribution in [0.15, 0.2) is 18.2 Å². The molecule has 30 heavy (non-hydrogen) atoms.